The fraction of sp³-hybridized carbons (Fsp3) is 0.867. The van der Waals surface area contributed by atoms with Gasteiger partial charge in [-0.15, -0.1) is 0 Å². The molecule has 0 aromatic rings. The molecule has 6 heteroatoms. The topological polar surface area (TPSA) is 47.9 Å². The molecule has 2 unspecified atom stereocenters. The van der Waals surface area contributed by atoms with Gasteiger partial charge in [-0.3, -0.25) is 0 Å². The van der Waals surface area contributed by atoms with Crippen LogP contribution in [0.4, 0.5) is 0 Å². The monoisotopic (exact) mass is 536 g/mol. The van der Waals surface area contributed by atoms with Crippen molar-refractivity contribution in [3.63, 3.8) is 0 Å². The summed E-state index contributed by atoms with van der Waals surface area (Å²) in [7, 11) is -3.66. The molecule has 0 bridgehead atoms. The summed E-state index contributed by atoms with van der Waals surface area (Å²) in [6.45, 7) is 26.2. The van der Waals surface area contributed by atoms with Crippen LogP contribution in [0.1, 0.15) is 80.6 Å². The molecule has 1 fully saturated rings. The van der Waals surface area contributed by atoms with E-state index in [0.717, 1.165) is 32.3 Å². The molecule has 0 radical (unpaired) electrons. The van der Waals surface area contributed by atoms with E-state index in [4.69, 9.17) is 13.6 Å². The van der Waals surface area contributed by atoms with Gasteiger partial charge in [0.1, 0.15) is 0 Å². The second kappa shape index (κ2) is 11.1. The van der Waals surface area contributed by atoms with E-state index in [2.05, 4.69) is 92.9 Å². The molecule has 2 aliphatic carbocycles. The third-order valence-corrected chi connectivity index (χ3v) is 19.1. The maximum absolute atomic E-state index is 11.4. The largest absolute Gasteiger partial charge is 0.414 e. The van der Waals surface area contributed by atoms with Gasteiger partial charge >= 0.3 is 0 Å². The quantitative estimate of drug-likeness (QED) is 0.336. The maximum Gasteiger partial charge on any atom is 0.192 e. The van der Waals surface area contributed by atoms with Crippen LogP contribution in [0.2, 0.25) is 36.3 Å². The molecule has 1 heterocycles. The van der Waals surface area contributed by atoms with Crippen molar-refractivity contribution in [2.45, 2.75) is 141 Å². The zero-order valence-electron chi connectivity index (χ0n) is 25.2. The van der Waals surface area contributed by atoms with Crippen LogP contribution in [-0.4, -0.2) is 52.8 Å². The normalized spacial score (nSPS) is 34.3. The minimum absolute atomic E-state index is 0.0146. The Kier molecular flexibility index (Phi) is 9.33. The summed E-state index contributed by atoms with van der Waals surface area (Å²) in [6.07, 6.45) is 12.0. The Hall–Kier alpha value is -0.246. The van der Waals surface area contributed by atoms with Gasteiger partial charge in [-0.2, -0.15) is 0 Å². The first-order chi connectivity index (χ1) is 16.4. The lowest BCUT2D eigenvalue weighted by molar-refractivity contribution is -0.0478. The molecule has 7 atom stereocenters. The fourth-order valence-corrected chi connectivity index (χ4v) is 8.31. The van der Waals surface area contributed by atoms with Crippen molar-refractivity contribution in [1.82, 2.24) is 0 Å². The highest BCUT2D eigenvalue weighted by molar-refractivity contribution is 6.74. The van der Waals surface area contributed by atoms with Gasteiger partial charge in [-0.25, -0.2) is 0 Å². The molecular formula is C30H56O4Si2. The molecule has 4 nitrogen and oxygen atoms in total. The lowest BCUT2D eigenvalue weighted by atomic mass is 9.66. The lowest BCUT2D eigenvalue weighted by Crippen LogP contribution is -2.47. The van der Waals surface area contributed by atoms with E-state index < -0.39 is 16.6 Å². The summed E-state index contributed by atoms with van der Waals surface area (Å²) < 4.78 is 19.7. The van der Waals surface area contributed by atoms with Crippen molar-refractivity contribution in [3.8, 4) is 0 Å². The second-order valence-corrected chi connectivity index (χ2v) is 24.4. The number of ether oxygens (including phenoxy) is 1. The van der Waals surface area contributed by atoms with E-state index in [0.29, 0.717) is 24.4 Å². The molecule has 1 saturated heterocycles. The van der Waals surface area contributed by atoms with Crippen molar-refractivity contribution in [2.75, 3.05) is 6.61 Å². The minimum atomic E-state index is -1.89. The van der Waals surface area contributed by atoms with Gasteiger partial charge < -0.3 is 18.7 Å². The van der Waals surface area contributed by atoms with Gasteiger partial charge in [0.25, 0.3) is 0 Å². The third kappa shape index (κ3) is 7.03. The van der Waals surface area contributed by atoms with Crippen LogP contribution < -0.4 is 0 Å². The second-order valence-electron chi connectivity index (χ2n) is 14.9. The smallest absolute Gasteiger partial charge is 0.192 e. The van der Waals surface area contributed by atoms with Crippen LogP contribution >= 0.6 is 0 Å². The van der Waals surface area contributed by atoms with Crippen LogP contribution in [0.25, 0.3) is 0 Å². The summed E-state index contributed by atoms with van der Waals surface area (Å²) in [5, 5.41) is 11.8. The van der Waals surface area contributed by atoms with Gasteiger partial charge in [0, 0.05) is 25.0 Å². The molecule has 3 aliphatic rings. The van der Waals surface area contributed by atoms with Gasteiger partial charge in [0.15, 0.2) is 16.6 Å². The number of rotatable bonds is 7. The number of aliphatic hydroxyl groups excluding tert-OH is 1. The van der Waals surface area contributed by atoms with E-state index in [-0.39, 0.29) is 34.3 Å². The highest BCUT2D eigenvalue weighted by Gasteiger charge is 2.44. The molecule has 0 spiro atoms. The Morgan fingerprint density at radius 2 is 1.56 bits per heavy atom. The van der Waals surface area contributed by atoms with Crippen LogP contribution in [0.5, 0.6) is 0 Å². The third-order valence-electron chi connectivity index (χ3n) is 10.0. The van der Waals surface area contributed by atoms with E-state index in [1.165, 1.54) is 5.57 Å². The Balaban J connectivity index is 1.64. The number of allylic oxidation sites excluding steroid dienone is 2. The highest BCUT2D eigenvalue weighted by atomic mass is 28.4. The lowest BCUT2D eigenvalue weighted by Gasteiger charge is -2.45. The van der Waals surface area contributed by atoms with Gasteiger partial charge in [-0.05, 0) is 79.4 Å². The number of aliphatic hydroxyl groups is 1. The summed E-state index contributed by atoms with van der Waals surface area (Å²) >= 11 is 0. The van der Waals surface area contributed by atoms with Crippen LogP contribution in [-0.2, 0) is 13.6 Å². The van der Waals surface area contributed by atoms with Gasteiger partial charge in [-0.1, -0.05) is 66.7 Å². The van der Waals surface area contributed by atoms with Crippen LogP contribution in [0.3, 0.4) is 0 Å². The molecule has 1 aliphatic heterocycles. The maximum atomic E-state index is 11.4. The number of fused-ring (bicyclic) bond motifs is 1. The summed E-state index contributed by atoms with van der Waals surface area (Å²) in [5.74, 6) is 1.10. The van der Waals surface area contributed by atoms with Crippen LogP contribution in [0.15, 0.2) is 23.8 Å². The molecular weight excluding hydrogens is 480 g/mol. The predicted molar refractivity (Wildman–Crippen MR) is 156 cm³/mol. The minimum Gasteiger partial charge on any atom is -0.414 e. The standard InChI is InChI=1S/C30H56O4Si2/c1-21-12-13-22-18-25(34-36(10,11)30(5,6)7)20-27(31)28(22)26(21)15-14-23-19-24(16-17-32-23)33-35(8,9)29(2,3)4/h12-13,18,21,23-28,31H,14-17,19-20H2,1-11H3/t21-,23?,24?,25+,26-,27-,28-/m0/s1. The molecule has 0 aromatic heterocycles. The van der Waals surface area contributed by atoms with E-state index in [1.807, 2.05) is 0 Å². The Bertz CT molecular complexity index is 805. The molecule has 3 rings (SSSR count). The summed E-state index contributed by atoms with van der Waals surface area (Å²) in [4.78, 5) is 0. The summed E-state index contributed by atoms with van der Waals surface area (Å²) in [5.41, 5.74) is 1.28. The predicted octanol–water partition coefficient (Wildman–Crippen LogP) is 7.86. The van der Waals surface area contributed by atoms with Crippen molar-refractivity contribution >= 4 is 16.6 Å². The average Bonchev–Trinajstić information content (AvgIpc) is 2.71. The Labute approximate surface area is 224 Å². The van der Waals surface area contributed by atoms with Gasteiger partial charge in [0.05, 0.1) is 18.3 Å². The summed E-state index contributed by atoms with van der Waals surface area (Å²) in [6, 6.07) is 0. The first kappa shape index (κ1) is 30.3. The fourth-order valence-electron chi connectivity index (χ4n) is 5.64. The van der Waals surface area contributed by atoms with E-state index in [9.17, 15) is 5.11 Å². The Morgan fingerprint density at radius 3 is 2.17 bits per heavy atom. The first-order valence-electron chi connectivity index (χ1n) is 14.5. The molecule has 1 N–H and O–H groups in total. The van der Waals surface area contributed by atoms with Crippen LogP contribution in [0, 0.1) is 17.8 Å². The zero-order valence-corrected chi connectivity index (χ0v) is 27.2. The highest BCUT2D eigenvalue weighted by Crippen LogP contribution is 2.45. The molecule has 0 saturated carbocycles. The first-order valence-corrected chi connectivity index (χ1v) is 20.3. The van der Waals surface area contributed by atoms with E-state index >= 15 is 0 Å². The van der Waals surface area contributed by atoms with E-state index in [1.54, 1.807) is 0 Å². The molecule has 36 heavy (non-hydrogen) atoms. The zero-order chi connectivity index (χ0) is 27.1. The van der Waals surface area contributed by atoms with Crippen molar-refractivity contribution in [2.24, 2.45) is 17.8 Å². The number of hydrogen-bond acceptors (Lipinski definition) is 4. The SMILES string of the molecule is C[C@H]1C=CC2=C[C@@H](O[Si](C)(C)C(C)(C)C)C[C@H](O)[C@@H]2[C@H]1CCC1CC(O[Si](C)(C)C(C)(C)C)CCO1. The Morgan fingerprint density at radius 1 is 0.944 bits per heavy atom. The molecule has 0 aromatic carbocycles. The molecule has 0 amide bonds. The number of hydrogen-bond donors (Lipinski definition) is 1. The van der Waals surface area contributed by atoms with Gasteiger partial charge in [0.2, 0.25) is 0 Å². The molecule has 208 valence electrons. The van der Waals surface area contributed by atoms with Crippen molar-refractivity contribution < 1.29 is 18.7 Å². The van der Waals surface area contributed by atoms with Crippen molar-refractivity contribution in [3.05, 3.63) is 23.8 Å². The average molecular weight is 537 g/mol. The van der Waals surface area contributed by atoms with Crippen molar-refractivity contribution in [1.29, 1.82) is 0 Å².